The molecule has 2 heterocycles. The molecule has 2 aromatic heterocycles. The highest BCUT2D eigenvalue weighted by atomic mass is 79.9. The van der Waals surface area contributed by atoms with E-state index in [0.717, 1.165) is 27.5 Å². The summed E-state index contributed by atoms with van der Waals surface area (Å²) in [7, 11) is -2.03. The van der Waals surface area contributed by atoms with Gasteiger partial charge in [-0.05, 0) is 68.4 Å². The van der Waals surface area contributed by atoms with Gasteiger partial charge in [-0.3, -0.25) is 4.72 Å². The number of nitrogens with zero attached hydrogens (tertiary/aromatic N) is 4. The van der Waals surface area contributed by atoms with Crippen LogP contribution in [0.4, 0.5) is 11.6 Å². The Morgan fingerprint density at radius 3 is 2.52 bits per heavy atom. The lowest BCUT2D eigenvalue weighted by molar-refractivity contribution is 0.204. The van der Waals surface area contributed by atoms with E-state index in [1.807, 2.05) is 25.1 Å². The number of hydrogen-bond donors (Lipinski definition) is 2. The third-order valence-corrected chi connectivity index (χ3v) is 9.40. The number of rotatable bonds is 13. The molecule has 0 spiro atoms. The molecule has 0 bridgehead atoms. The number of methoxy groups -OCH3 is 1. The smallest absolute Gasteiger partial charge is 0.249 e. The Kier molecular flexibility index (Phi) is 9.83. The molecular formula is C26H33Br2ClN6O4S. The quantitative estimate of drug-likeness (QED) is 0.231. The van der Waals surface area contributed by atoms with E-state index in [9.17, 15) is 8.42 Å². The van der Waals surface area contributed by atoms with Crippen LogP contribution in [0.25, 0.3) is 11.5 Å². The largest absolute Gasteiger partial charge is 0.419 e. The molecule has 3 unspecified atom stereocenters. The minimum Gasteiger partial charge on any atom is -0.419 e. The van der Waals surface area contributed by atoms with Crippen LogP contribution in [0, 0.1) is 11.8 Å². The summed E-state index contributed by atoms with van der Waals surface area (Å²) in [6.07, 6.45) is 1.55. The van der Waals surface area contributed by atoms with Crippen molar-refractivity contribution in [2.75, 3.05) is 42.2 Å². The second-order valence-corrected chi connectivity index (χ2v) is 14.6. The van der Waals surface area contributed by atoms with Gasteiger partial charge in [-0.15, -0.1) is 10.2 Å². The highest BCUT2D eigenvalue weighted by molar-refractivity contribution is 9.11. The van der Waals surface area contributed by atoms with Gasteiger partial charge < -0.3 is 19.8 Å². The van der Waals surface area contributed by atoms with Crippen LogP contribution in [-0.2, 0) is 26.7 Å². The van der Waals surface area contributed by atoms with Crippen molar-refractivity contribution in [1.82, 2.24) is 15.2 Å². The van der Waals surface area contributed by atoms with Crippen LogP contribution >= 0.6 is 43.5 Å². The van der Waals surface area contributed by atoms with E-state index in [0.29, 0.717) is 42.8 Å². The normalized spacial score (nSPS) is 18.4. The van der Waals surface area contributed by atoms with Gasteiger partial charge in [0.25, 0.3) is 0 Å². The second kappa shape index (κ2) is 12.6. The van der Waals surface area contributed by atoms with Gasteiger partial charge in [0.2, 0.25) is 21.8 Å². The molecule has 10 nitrogen and oxygen atoms in total. The zero-order chi connectivity index (χ0) is 29.2. The lowest BCUT2D eigenvalue weighted by atomic mass is 9.94. The molecular weight excluding hydrogens is 688 g/mol. The van der Waals surface area contributed by atoms with Crippen LogP contribution in [0.5, 0.6) is 0 Å². The van der Waals surface area contributed by atoms with Crippen molar-refractivity contribution in [3.05, 3.63) is 49.7 Å². The first-order chi connectivity index (χ1) is 18.8. The predicted octanol–water partition coefficient (Wildman–Crippen LogP) is 5.60. The number of hydrogen-bond acceptors (Lipinski definition) is 9. The van der Waals surface area contributed by atoms with Gasteiger partial charge in [0.1, 0.15) is 5.82 Å². The first-order valence-electron chi connectivity index (χ1n) is 12.8. The fourth-order valence-corrected chi connectivity index (χ4v) is 6.59. The van der Waals surface area contributed by atoms with Gasteiger partial charge in [-0.25, -0.2) is 13.4 Å². The summed E-state index contributed by atoms with van der Waals surface area (Å²) >= 11 is 13.7. The fraction of sp³-hybridized carbons (Fsp3) is 0.500. The second-order valence-electron chi connectivity index (χ2n) is 10.4. The van der Waals surface area contributed by atoms with Crippen LogP contribution in [-0.4, -0.2) is 56.2 Å². The zero-order valence-electron chi connectivity index (χ0n) is 22.7. The van der Waals surface area contributed by atoms with E-state index in [2.05, 4.69) is 63.6 Å². The Morgan fingerprint density at radius 1 is 1.25 bits per heavy atom. The highest BCUT2D eigenvalue weighted by Crippen LogP contribution is 2.41. The molecule has 0 radical (unpaired) electrons. The number of ether oxygens (including phenoxy) is 1. The van der Waals surface area contributed by atoms with Gasteiger partial charge in [0.05, 0.1) is 28.5 Å². The van der Waals surface area contributed by atoms with Crippen molar-refractivity contribution in [2.24, 2.45) is 17.6 Å². The van der Waals surface area contributed by atoms with Gasteiger partial charge in [0, 0.05) is 29.1 Å². The molecule has 3 atom stereocenters. The maximum atomic E-state index is 12.5. The molecule has 1 saturated carbocycles. The number of aromatic nitrogens is 3. The number of pyridine rings is 1. The lowest BCUT2D eigenvalue weighted by Gasteiger charge is -2.25. The standard InChI is InChI=1S/C26H33Br2ClN6O4S/c1-5-40(36,37)34-23-22(29)20(12-21(31-23)35(6-7-38-4)14-17-8-15(17)2)24-32-33-25(39-24)26(3,30)13-16-9-18(27)11-19(28)10-16/h9-12,15,17H,5-8,13-14,30H2,1-4H3,(H,31,34). The monoisotopic (exact) mass is 718 g/mol. The third-order valence-electron chi connectivity index (χ3n) is 6.83. The van der Waals surface area contributed by atoms with Gasteiger partial charge in [-0.2, -0.15) is 0 Å². The number of sulfonamides is 1. The van der Waals surface area contributed by atoms with Crippen LogP contribution in [0.15, 0.2) is 37.6 Å². The number of halogens is 3. The maximum Gasteiger partial charge on any atom is 0.249 e. The number of nitrogens with one attached hydrogen (secondary N) is 1. The fourth-order valence-electron chi connectivity index (χ4n) is 4.33. The molecule has 4 rings (SSSR count). The highest BCUT2D eigenvalue weighted by Gasteiger charge is 2.35. The Bertz CT molecular complexity index is 1450. The summed E-state index contributed by atoms with van der Waals surface area (Å²) in [6, 6.07) is 7.63. The first kappa shape index (κ1) is 31.2. The predicted molar refractivity (Wildman–Crippen MR) is 164 cm³/mol. The summed E-state index contributed by atoms with van der Waals surface area (Å²) in [5.74, 6) is 1.83. The Balaban J connectivity index is 1.73. The molecule has 218 valence electrons. The van der Waals surface area contributed by atoms with E-state index >= 15 is 0 Å². The molecule has 1 fully saturated rings. The molecule has 1 aromatic carbocycles. The van der Waals surface area contributed by atoms with Gasteiger partial charge in [-0.1, -0.05) is 50.4 Å². The minimum absolute atomic E-state index is 0.00322. The van der Waals surface area contributed by atoms with Gasteiger partial charge in [0.15, 0.2) is 5.82 Å². The summed E-state index contributed by atoms with van der Waals surface area (Å²) in [5, 5.41) is 8.54. The average Bonchev–Trinajstić information content (AvgIpc) is 3.33. The molecule has 0 saturated heterocycles. The average molecular weight is 721 g/mol. The SMILES string of the molecule is CCS(=O)(=O)Nc1nc(N(CCOC)CC2CC2C)cc(-c2nnc(C(C)(N)Cc3cc(Br)cc(Br)c3)o2)c1Cl. The molecule has 3 N–H and O–H groups in total. The van der Waals surface area contributed by atoms with E-state index in [-0.39, 0.29) is 28.4 Å². The van der Waals surface area contributed by atoms with Crippen LogP contribution in [0.2, 0.25) is 5.02 Å². The van der Waals surface area contributed by atoms with Crippen molar-refractivity contribution in [3.8, 4) is 11.5 Å². The molecule has 1 aliphatic rings. The summed E-state index contributed by atoms with van der Waals surface area (Å²) < 4.78 is 40.7. The number of anilines is 2. The van der Waals surface area contributed by atoms with Crippen molar-refractivity contribution in [3.63, 3.8) is 0 Å². The molecule has 0 amide bonds. The Hall–Kier alpha value is -1.77. The Morgan fingerprint density at radius 2 is 1.93 bits per heavy atom. The van der Waals surface area contributed by atoms with Crippen molar-refractivity contribution >= 4 is 65.1 Å². The van der Waals surface area contributed by atoms with Crippen LogP contribution in [0.1, 0.15) is 38.6 Å². The van der Waals surface area contributed by atoms with Crippen molar-refractivity contribution < 1.29 is 17.6 Å². The lowest BCUT2D eigenvalue weighted by Crippen LogP contribution is -2.36. The van der Waals surface area contributed by atoms with E-state index < -0.39 is 15.6 Å². The number of benzene rings is 1. The first-order valence-corrected chi connectivity index (χ1v) is 16.5. The molecule has 40 heavy (non-hydrogen) atoms. The molecule has 1 aliphatic carbocycles. The summed E-state index contributed by atoms with van der Waals surface area (Å²) in [5.41, 5.74) is 6.98. The van der Waals surface area contributed by atoms with Crippen LogP contribution in [0.3, 0.4) is 0 Å². The summed E-state index contributed by atoms with van der Waals surface area (Å²) in [4.78, 5) is 6.67. The molecule has 3 aromatic rings. The minimum atomic E-state index is -3.67. The van der Waals surface area contributed by atoms with E-state index in [1.54, 1.807) is 13.2 Å². The van der Waals surface area contributed by atoms with Crippen molar-refractivity contribution in [1.29, 1.82) is 0 Å². The van der Waals surface area contributed by atoms with E-state index in [4.69, 9.17) is 26.5 Å². The molecule has 14 heteroatoms. The zero-order valence-corrected chi connectivity index (χ0v) is 27.5. The van der Waals surface area contributed by atoms with E-state index in [1.165, 1.54) is 6.92 Å². The maximum absolute atomic E-state index is 12.5. The summed E-state index contributed by atoms with van der Waals surface area (Å²) in [6.45, 7) is 7.33. The van der Waals surface area contributed by atoms with Crippen molar-refractivity contribution in [2.45, 2.75) is 39.2 Å². The topological polar surface area (TPSA) is 136 Å². The van der Waals surface area contributed by atoms with Gasteiger partial charge >= 0.3 is 0 Å². The number of nitrogens with two attached hydrogens (primary N) is 1. The van der Waals surface area contributed by atoms with Crippen LogP contribution < -0.4 is 15.4 Å². The third kappa shape index (κ3) is 7.74. The Labute approximate surface area is 256 Å². The molecule has 0 aliphatic heterocycles.